The van der Waals surface area contributed by atoms with E-state index in [0.717, 1.165) is 43.6 Å². The molecule has 0 aliphatic carbocycles. The van der Waals surface area contributed by atoms with Crippen molar-refractivity contribution >= 4 is 23.2 Å². The monoisotopic (exact) mass is 498 g/mol. The second kappa shape index (κ2) is 13.6. The molecule has 2 aromatic carbocycles. The Bertz CT molecular complexity index is 1160. The molecule has 1 saturated heterocycles. The Morgan fingerprint density at radius 1 is 0.892 bits per heavy atom. The Labute approximate surface area is 220 Å². The molecule has 4 rings (SSSR count). The van der Waals surface area contributed by atoms with E-state index in [2.05, 4.69) is 27.4 Å². The van der Waals surface area contributed by atoms with E-state index in [1.165, 1.54) is 37.7 Å². The van der Waals surface area contributed by atoms with Gasteiger partial charge in [-0.2, -0.15) is 0 Å². The topological polar surface area (TPSA) is 74.3 Å². The van der Waals surface area contributed by atoms with Gasteiger partial charge in [0.05, 0.1) is 5.56 Å². The maximum Gasteiger partial charge on any atom is 0.255 e. The summed E-state index contributed by atoms with van der Waals surface area (Å²) in [5.41, 5.74) is 4.90. The van der Waals surface area contributed by atoms with Crippen LogP contribution in [-0.2, 0) is 13.0 Å². The van der Waals surface area contributed by atoms with Crippen molar-refractivity contribution in [2.75, 3.05) is 23.3 Å². The number of aromatic nitrogens is 1. The molecule has 2 heterocycles. The normalized spacial score (nSPS) is 13.3. The minimum atomic E-state index is -0.176. The Morgan fingerprint density at radius 2 is 1.70 bits per heavy atom. The first-order valence-electron chi connectivity index (χ1n) is 13.6. The summed E-state index contributed by atoms with van der Waals surface area (Å²) in [7, 11) is 0. The third kappa shape index (κ3) is 7.66. The predicted molar refractivity (Wildman–Crippen MR) is 150 cm³/mol. The van der Waals surface area contributed by atoms with Gasteiger partial charge in [0.25, 0.3) is 11.8 Å². The molecule has 194 valence electrons. The number of aryl methyl sites for hydroxylation is 1. The summed E-state index contributed by atoms with van der Waals surface area (Å²) in [6, 6.07) is 17.3. The number of anilines is 2. The first-order chi connectivity index (χ1) is 18.1. The molecule has 1 aliphatic rings. The first kappa shape index (κ1) is 26.4. The lowest BCUT2D eigenvalue weighted by molar-refractivity contribution is 0.0950. The number of pyridine rings is 1. The van der Waals surface area contributed by atoms with Crippen LogP contribution in [0.4, 0.5) is 11.4 Å². The van der Waals surface area contributed by atoms with E-state index in [1.54, 1.807) is 18.5 Å². The van der Waals surface area contributed by atoms with Crippen LogP contribution in [0.2, 0.25) is 0 Å². The van der Waals surface area contributed by atoms with Crippen molar-refractivity contribution in [1.29, 1.82) is 0 Å². The van der Waals surface area contributed by atoms with Crippen LogP contribution in [-0.4, -0.2) is 29.9 Å². The molecule has 6 heteroatoms. The maximum absolute atomic E-state index is 13.3. The minimum Gasteiger partial charge on any atom is -0.371 e. The van der Waals surface area contributed by atoms with Crippen LogP contribution in [0.1, 0.15) is 83.7 Å². The SMILES string of the molecule is CCCCCCc1ccc(C(=O)Nc2ccc(N3CCCCC3)c(C(=O)NCc3cccnc3)c2)cc1. The zero-order chi connectivity index (χ0) is 25.9. The molecule has 3 aromatic rings. The zero-order valence-corrected chi connectivity index (χ0v) is 21.8. The van der Waals surface area contributed by atoms with Crippen molar-refractivity contribution in [3.8, 4) is 0 Å². The third-order valence-corrected chi connectivity index (χ3v) is 6.91. The number of piperidine rings is 1. The maximum atomic E-state index is 13.3. The molecule has 2 N–H and O–H groups in total. The van der Waals surface area contributed by atoms with Gasteiger partial charge in [0.15, 0.2) is 0 Å². The van der Waals surface area contributed by atoms with Gasteiger partial charge in [0, 0.05) is 49.0 Å². The second-order valence-corrected chi connectivity index (χ2v) is 9.79. The van der Waals surface area contributed by atoms with Crippen LogP contribution in [0, 0.1) is 0 Å². The molecular formula is C31H38N4O2. The summed E-state index contributed by atoms with van der Waals surface area (Å²) >= 11 is 0. The number of amides is 2. The largest absolute Gasteiger partial charge is 0.371 e. The smallest absolute Gasteiger partial charge is 0.255 e. The van der Waals surface area contributed by atoms with E-state index in [1.807, 2.05) is 48.5 Å². The average molecular weight is 499 g/mol. The highest BCUT2D eigenvalue weighted by Gasteiger charge is 2.20. The van der Waals surface area contributed by atoms with Crippen LogP contribution >= 0.6 is 0 Å². The summed E-state index contributed by atoms with van der Waals surface area (Å²) in [4.78, 5) is 32.7. The molecule has 6 nitrogen and oxygen atoms in total. The van der Waals surface area contributed by atoms with Crippen molar-refractivity contribution < 1.29 is 9.59 Å². The van der Waals surface area contributed by atoms with Crippen LogP contribution in [0.15, 0.2) is 67.0 Å². The van der Waals surface area contributed by atoms with E-state index in [9.17, 15) is 9.59 Å². The highest BCUT2D eigenvalue weighted by molar-refractivity contribution is 6.06. The number of benzene rings is 2. The lowest BCUT2D eigenvalue weighted by Gasteiger charge is -2.30. The van der Waals surface area contributed by atoms with Gasteiger partial charge < -0.3 is 15.5 Å². The molecular weight excluding hydrogens is 460 g/mol. The number of carbonyl (C=O) groups excluding carboxylic acids is 2. The summed E-state index contributed by atoms with van der Waals surface area (Å²) in [5.74, 6) is -0.335. The van der Waals surface area contributed by atoms with Gasteiger partial charge in [-0.1, -0.05) is 44.4 Å². The fourth-order valence-electron chi connectivity index (χ4n) is 4.77. The number of hydrogen-bond donors (Lipinski definition) is 2. The second-order valence-electron chi connectivity index (χ2n) is 9.79. The molecule has 1 fully saturated rings. The molecule has 0 radical (unpaired) electrons. The van der Waals surface area contributed by atoms with Gasteiger partial charge in [0.2, 0.25) is 0 Å². The molecule has 1 aliphatic heterocycles. The standard InChI is InChI=1S/C31H38N4O2/c1-2-3-4-6-10-24-12-14-26(15-13-24)30(36)34-27-16-17-29(35-19-7-5-8-20-35)28(21-27)31(37)33-23-25-11-9-18-32-22-25/h9,11-18,21-22H,2-8,10,19-20,23H2,1H3,(H,33,37)(H,34,36). The fraction of sp³-hybridized carbons (Fsp3) is 0.387. The number of rotatable bonds is 11. The third-order valence-electron chi connectivity index (χ3n) is 6.91. The number of hydrogen-bond acceptors (Lipinski definition) is 4. The molecule has 0 unspecified atom stereocenters. The van der Waals surface area contributed by atoms with E-state index in [0.29, 0.717) is 23.4 Å². The van der Waals surface area contributed by atoms with Crippen LogP contribution in [0.5, 0.6) is 0 Å². The van der Waals surface area contributed by atoms with Crippen molar-refractivity contribution in [3.05, 3.63) is 89.2 Å². The summed E-state index contributed by atoms with van der Waals surface area (Å²) in [6.45, 7) is 4.47. The van der Waals surface area contributed by atoms with Gasteiger partial charge in [-0.25, -0.2) is 0 Å². The van der Waals surface area contributed by atoms with Gasteiger partial charge in [-0.05, 0) is 79.6 Å². The number of unbranched alkanes of at least 4 members (excludes halogenated alkanes) is 3. The highest BCUT2D eigenvalue weighted by Crippen LogP contribution is 2.28. The lowest BCUT2D eigenvalue weighted by Crippen LogP contribution is -2.32. The summed E-state index contributed by atoms with van der Waals surface area (Å²) in [5, 5.41) is 6.01. The van der Waals surface area contributed by atoms with Crippen molar-refractivity contribution in [2.24, 2.45) is 0 Å². The first-order valence-corrected chi connectivity index (χ1v) is 13.6. The predicted octanol–water partition coefficient (Wildman–Crippen LogP) is 6.38. The van der Waals surface area contributed by atoms with Crippen LogP contribution in [0.3, 0.4) is 0 Å². The Hall–Kier alpha value is -3.67. The van der Waals surface area contributed by atoms with E-state index in [-0.39, 0.29) is 11.8 Å². The Morgan fingerprint density at radius 3 is 2.43 bits per heavy atom. The minimum absolute atomic E-state index is 0.159. The lowest BCUT2D eigenvalue weighted by atomic mass is 10.0. The molecule has 0 bridgehead atoms. The number of nitrogens with zero attached hydrogens (tertiary/aromatic N) is 2. The van der Waals surface area contributed by atoms with Gasteiger partial charge in [0.1, 0.15) is 0 Å². The molecule has 1 aromatic heterocycles. The van der Waals surface area contributed by atoms with E-state index >= 15 is 0 Å². The van der Waals surface area contributed by atoms with Gasteiger partial charge in [-0.15, -0.1) is 0 Å². The van der Waals surface area contributed by atoms with Gasteiger partial charge >= 0.3 is 0 Å². The number of nitrogens with one attached hydrogen (secondary N) is 2. The van der Waals surface area contributed by atoms with Crippen molar-refractivity contribution in [2.45, 2.75) is 64.8 Å². The van der Waals surface area contributed by atoms with E-state index < -0.39 is 0 Å². The number of carbonyl (C=O) groups is 2. The van der Waals surface area contributed by atoms with E-state index in [4.69, 9.17) is 0 Å². The summed E-state index contributed by atoms with van der Waals surface area (Å²) < 4.78 is 0. The Balaban J connectivity index is 1.46. The molecule has 2 amide bonds. The molecule has 0 spiro atoms. The van der Waals surface area contributed by atoms with Crippen LogP contribution < -0.4 is 15.5 Å². The zero-order valence-electron chi connectivity index (χ0n) is 21.8. The molecule has 0 atom stereocenters. The average Bonchev–Trinajstić information content (AvgIpc) is 2.95. The van der Waals surface area contributed by atoms with Crippen LogP contribution in [0.25, 0.3) is 0 Å². The molecule has 37 heavy (non-hydrogen) atoms. The molecule has 0 saturated carbocycles. The van der Waals surface area contributed by atoms with Crippen molar-refractivity contribution in [3.63, 3.8) is 0 Å². The highest BCUT2D eigenvalue weighted by atomic mass is 16.2. The quantitative estimate of drug-likeness (QED) is 0.301. The Kier molecular flexibility index (Phi) is 9.69. The van der Waals surface area contributed by atoms with Gasteiger partial charge in [-0.3, -0.25) is 14.6 Å². The van der Waals surface area contributed by atoms with Crippen molar-refractivity contribution in [1.82, 2.24) is 10.3 Å². The fourth-order valence-corrected chi connectivity index (χ4v) is 4.77. The summed E-state index contributed by atoms with van der Waals surface area (Å²) in [6.07, 6.45) is 12.9.